The van der Waals surface area contributed by atoms with E-state index in [-0.39, 0.29) is 17.3 Å². The fraction of sp³-hybridized carbons (Fsp3) is 0.217. The van der Waals surface area contributed by atoms with E-state index in [1.54, 1.807) is 16.7 Å². The summed E-state index contributed by atoms with van der Waals surface area (Å²) in [5.41, 5.74) is -0.575. The molecule has 4 rings (SSSR count). The summed E-state index contributed by atoms with van der Waals surface area (Å²) in [7, 11) is 0. The van der Waals surface area contributed by atoms with Crippen LogP contribution >= 0.6 is 0 Å². The van der Waals surface area contributed by atoms with Crippen LogP contribution in [-0.2, 0) is 12.4 Å². The molecule has 2 aromatic heterocycles. The van der Waals surface area contributed by atoms with Crippen molar-refractivity contribution in [2.75, 3.05) is 5.32 Å². The van der Waals surface area contributed by atoms with Crippen LogP contribution in [0, 0.1) is 0 Å². The normalized spacial score (nSPS) is 12.4. The standard InChI is InChI=1S/C23H18F6N4O/c1-13(2)33-19-10-5-14(22(24,25)26)12-18(19)32-21(33)31-15-6-8-16(9-7-15)34-20-17(23(27,28)29)4-3-11-30-20/h3-13H,1-2H3,(H,31,32). The number of nitrogens with zero attached hydrogens (tertiary/aromatic N) is 3. The zero-order chi connectivity index (χ0) is 24.7. The Balaban J connectivity index is 1.60. The maximum Gasteiger partial charge on any atom is 0.421 e. The fourth-order valence-electron chi connectivity index (χ4n) is 3.42. The van der Waals surface area contributed by atoms with Crippen molar-refractivity contribution in [1.29, 1.82) is 0 Å². The molecule has 2 aromatic carbocycles. The summed E-state index contributed by atoms with van der Waals surface area (Å²) in [6, 6.07) is 11.3. The monoisotopic (exact) mass is 480 g/mol. The van der Waals surface area contributed by atoms with Crippen molar-refractivity contribution in [2.45, 2.75) is 32.2 Å². The quantitative estimate of drug-likeness (QED) is 0.299. The van der Waals surface area contributed by atoms with Gasteiger partial charge in [-0.25, -0.2) is 9.97 Å². The second kappa shape index (κ2) is 8.54. The number of fused-ring (bicyclic) bond motifs is 1. The van der Waals surface area contributed by atoms with E-state index in [2.05, 4.69) is 15.3 Å². The van der Waals surface area contributed by atoms with Crippen LogP contribution < -0.4 is 10.1 Å². The van der Waals surface area contributed by atoms with Crippen LogP contribution in [0.4, 0.5) is 38.0 Å². The second-order valence-electron chi connectivity index (χ2n) is 7.71. The van der Waals surface area contributed by atoms with Crippen molar-refractivity contribution in [3.05, 3.63) is 71.9 Å². The first-order chi connectivity index (χ1) is 15.9. The molecule has 2 heterocycles. The number of hydrogen-bond acceptors (Lipinski definition) is 4. The van der Waals surface area contributed by atoms with Gasteiger partial charge in [-0.2, -0.15) is 26.3 Å². The highest BCUT2D eigenvalue weighted by Crippen LogP contribution is 2.37. The average molecular weight is 480 g/mol. The van der Waals surface area contributed by atoms with Crippen LogP contribution in [0.5, 0.6) is 11.6 Å². The Morgan fingerprint density at radius 2 is 1.62 bits per heavy atom. The van der Waals surface area contributed by atoms with E-state index < -0.39 is 29.4 Å². The van der Waals surface area contributed by atoms with Gasteiger partial charge in [-0.05, 0) is 68.4 Å². The van der Waals surface area contributed by atoms with Gasteiger partial charge in [0.2, 0.25) is 11.8 Å². The summed E-state index contributed by atoms with van der Waals surface area (Å²) >= 11 is 0. The van der Waals surface area contributed by atoms with Gasteiger partial charge < -0.3 is 14.6 Å². The summed E-state index contributed by atoms with van der Waals surface area (Å²) in [6.45, 7) is 3.73. The first-order valence-electron chi connectivity index (χ1n) is 10.1. The van der Waals surface area contributed by atoms with Crippen LogP contribution in [0.15, 0.2) is 60.8 Å². The number of aromatic nitrogens is 3. The lowest BCUT2D eigenvalue weighted by atomic mass is 10.2. The summed E-state index contributed by atoms with van der Waals surface area (Å²) in [4.78, 5) is 7.98. The number of benzene rings is 2. The van der Waals surface area contributed by atoms with Crippen LogP contribution in [0.1, 0.15) is 31.0 Å². The molecule has 0 bridgehead atoms. The third-order valence-corrected chi connectivity index (χ3v) is 4.93. The molecule has 0 amide bonds. The third kappa shape index (κ3) is 4.78. The molecule has 11 heteroatoms. The van der Waals surface area contributed by atoms with Crippen molar-refractivity contribution in [3.8, 4) is 11.6 Å². The second-order valence-corrected chi connectivity index (χ2v) is 7.71. The van der Waals surface area contributed by atoms with Crippen LogP contribution in [0.3, 0.4) is 0 Å². The van der Waals surface area contributed by atoms with Crippen LogP contribution in [-0.4, -0.2) is 14.5 Å². The largest absolute Gasteiger partial charge is 0.438 e. The Morgan fingerprint density at radius 3 is 2.24 bits per heavy atom. The van der Waals surface area contributed by atoms with Gasteiger partial charge in [0.15, 0.2) is 0 Å². The van der Waals surface area contributed by atoms with Gasteiger partial charge in [0.25, 0.3) is 0 Å². The smallest absolute Gasteiger partial charge is 0.421 e. The Morgan fingerprint density at radius 1 is 0.912 bits per heavy atom. The molecule has 0 spiro atoms. The van der Waals surface area contributed by atoms with E-state index in [1.165, 1.54) is 30.5 Å². The van der Waals surface area contributed by atoms with Crippen molar-refractivity contribution in [2.24, 2.45) is 0 Å². The maximum absolute atomic E-state index is 13.1. The minimum atomic E-state index is -4.62. The highest BCUT2D eigenvalue weighted by molar-refractivity contribution is 5.81. The Kier molecular flexibility index (Phi) is 5.88. The Bertz CT molecular complexity index is 1310. The molecule has 34 heavy (non-hydrogen) atoms. The van der Waals surface area contributed by atoms with E-state index in [4.69, 9.17) is 4.74 Å². The first-order valence-corrected chi connectivity index (χ1v) is 10.1. The highest BCUT2D eigenvalue weighted by Gasteiger charge is 2.35. The molecule has 0 aliphatic rings. The maximum atomic E-state index is 13.1. The number of hydrogen-bond donors (Lipinski definition) is 1. The fourth-order valence-corrected chi connectivity index (χ4v) is 3.42. The molecule has 178 valence electrons. The van der Waals surface area contributed by atoms with Crippen molar-refractivity contribution in [1.82, 2.24) is 14.5 Å². The molecule has 0 radical (unpaired) electrons. The van der Waals surface area contributed by atoms with E-state index >= 15 is 0 Å². The average Bonchev–Trinajstić information content (AvgIpc) is 3.11. The molecule has 0 fully saturated rings. The summed E-state index contributed by atoms with van der Waals surface area (Å²) in [5, 5.41) is 3.05. The zero-order valence-corrected chi connectivity index (χ0v) is 17.9. The predicted molar refractivity (Wildman–Crippen MR) is 114 cm³/mol. The van der Waals surface area contributed by atoms with Gasteiger partial charge in [-0.15, -0.1) is 0 Å². The molecular weight excluding hydrogens is 462 g/mol. The van der Waals surface area contributed by atoms with Gasteiger partial charge in [0, 0.05) is 17.9 Å². The Labute approximate surface area is 190 Å². The molecule has 4 aromatic rings. The lowest BCUT2D eigenvalue weighted by molar-refractivity contribution is -0.139. The summed E-state index contributed by atoms with van der Waals surface area (Å²) < 4.78 is 85.7. The van der Waals surface area contributed by atoms with Gasteiger partial charge in [0.05, 0.1) is 16.6 Å². The number of pyridine rings is 1. The topological polar surface area (TPSA) is 52.0 Å². The molecule has 0 aliphatic carbocycles. The molecule has 0 atom stereocenters. The van der Waals surface area contributed by atoms with Gasteiger partial charge in [-0.3, -0.25) is 0 Å². The molecule has 1 N–H and O–H groups in total. The highest BCUT2D eigenvalue weighted by atomic mass is 19.4. The Hall–Kier alpha value is -3.76. The van der Waals surface area contributed by atoms with E-state index in [9.17, 15) is 26.3 Å². The third-order valence-electron chi connectivity index (χ3n) is 4.93. The van der Waals surface area contributed by atoms with E-state index in [0.717, 1.165) is 18.2 Å². The number of rotatable bonds is 5. The number of imidazole rings is 1. The number of ether oxygens (including phenoxy) is 1. The molecule has 0 saturated carbocycles. The molecule has 0 aliphatic heterocycles. The van der Waals surface area contributed by atoms with Gasteiger partial charge in [-0.1, -0.05) is 0 Å². The van der Waals surface area contributed by atoms with Gasteiger partial charge >= 0.3 is 12.4 Å². The molecule has 5 nitrogen and oxygen atoms in total. The zero-order valence-electron chi connectivity index (χ0n) is 17.9. The van der Waals surface area contributed by atoms with Crippen molar-refractivity contribution < 1.29 is 31.1 Å². The first kappa shape index (κ1) is 23.4. The van der Waals surface area contributed by atoms with Crippen LogP contribution in [0.2, 0.25) is 0 Å². The molecule has 0 saturated heterocycles. The number of anilines is 2. The lowest BCUT2D eigenvalue weighted by Gasteiger charge is -2.15. The van der Waals surface area contributed by atoms with Crippen molar-refractivity contribution in [3.63, 3.8) is 0 Å². The number of alkyl halides is 6. The minimum Gasteiger partial charge on any atom is -0.438 e. The van der Waals surface area contributed by atoms with Crippen LogP contribution in [0.25, 0.3) is 11.0 Å². The molecular formula is C23H18F6N4O. The van der Waals surface area contributed by atoms with Gasteiger partial charge in [0.1, 0.15) is 11.3 Å². The lowest BCUT2D eigenvalue weighted by Crippen LogP contribution is -2.08. The predicted octanol–water partition coefficient (Wildman–Crippen LogP) is 7.59. The molecule has 0 unspecified atom stereocenters. The minimum absolute atomic E-state index is 0.114. The van der Waals surface area contributed by atoms with E-state index in [0.29, 0.717) is 17.2 Å². The number of nitrogens with one attached hydrogen (secondary N) is 1. The number of halogens is 6. The summed E-state index contributed by atoms with van der Waals surface area (Å²) in [6.07, 6.45) is -7.91. The van der Waals surface area contributed by atoms with Crippen molar-refractivity contribution >= 4 is 22.7 Å². The summed E-state index contributed by atoms with van der Waals surface area (Å²) in [5.74, 6) is -0.123. The van der Waals surface area contributed by atoms with E-state index in [1.807, 2.05) is 13.8 Å². The SMILES string of the molecule is CC(C)n1c(Nc2ccc(Oc3ncccc3C(F)(F)F)cc2)nc2cc(C(F)(F)F)ccc21.